The molecule has 0 amide bonds. The highest BCUT2D eigenvalue weighted by atomic mass is 14.9. The standard InChI is InChI=1S/C16H26N2/c1-13-6-5-9-15(11-10-13)18-12-16(17)14-7-3-2-4-8-14/h2-4,7-8,13,15-16,18H,5-6,9-12,17H2,1H3. The number of benzene rings is 1. The van der Waals surface area contributed by atoms with Crippen LogP contribution in [0, 0.1) is 5.92 Å². The topological polar surface area (TPSA) is 38.0 Å². The molecular weight excluding hydrogens is 220 g/mol. The van der Waals surface area contributed by atoms with E-state index in [-0.39, 0.29) is 6.04 Å². The summed E-state index contributed by atoms with van der Waals surface area (Å²) in [5.41, 5.74) is 7.44. The normalized spacial score (nSPS) is 26.6. The summed E-state index contributed by atoms with van der Waals surface area (Å²) in [5.74, 6) is 0.902. The molecule has 0 aromatic heterocycles. The van der Waals surface area contributed by atoms with E-state index in [0.717, 1.165) is 12.5 Å². The summed E-state index contributed by atoms with van der Waals surface area (Å²) in [6, 6.07) is 11.2. The first-order valence-corrected chi connectivity index (χ1v) is 7.29. The Kier molecular flexibility index (Phi) is 5.21. The van der Waals surface area contributed by atoms with E-state index < -0.39 is 0 Å². The molecule has 0 radical (unpaired) electrons. The van der Waals surface area contributed by atoms with Gasteiger partial charge in [-0.1, -0.05) is 50.1 Å². The largest absolute Gasteiger partial charge is 0.323 e. The van der Waals surface area contributed by atoms with E-state index in [4.69, 9.17) is 5.73 Å². The molecule has 2 rings (SSSR count). The fraction of sp³-hybridized carbons (Fsp3) is 0.625. The SMILES string of the molecule is CC1CCCC(NCC(N)c2ccccc2)CC1. The van der Waals surface area contributed by atoms with Crippen LogP contribution in [-0.2, 0) is 0 Å². The van der Waals surface area contributed by atoms with Crippen molar-refractivity contribution in [3.05, 3.63) is 35.9 Å². The van der Waals surface area contributed by atoms with E-state index in [1.165, 1.54) is 37.7 Å². The van der Waals surface area contributed by atoms with Crippen LogP contribution in [0.3, 0.4) is 0 Å². The molecule has 3 N–H and O–H groups in total. The van der Waals surface area contributed by atoms with Crippen molar-refractivity contribution in [2.45, 2.75) is 51.1 Å². The van der Waals surface area contributed by atoms with Crippen molar-refractivity contribution in [1.82, 2.24) is 5.32 Å². The van der Waals surface area contributed by atoms with Gasteiger partial charge in [0.25, 0.3) is 0 Å². The quantitative estimate of drug-likeness (QED) is 0.800. The maximum Gasteiger partial charge on any atom is 0.0421 e. The van der Waals surface area contributed by atoms with Gasteiger partial charge in [0.2, 0.25) is 0 Å². The van der Waals surface area contributed by atoms with E-state index >= 15 is 0 Å². The van der Waals surface area contributed by atoms with Gasteiger partial charge in [0.15, 0.2) is 0 Å². The lowest BCUT2D eigenvalue weighted by molar-refractivity contribution is 0.433. The molecule has 2 heteroatoms. The van der Waals surface area contributed by atoms with Gasteiger partial charge in [0, 0.05) is 18.6 Å². The first kappa shape index (κ1) is 13.6. The highest BCUT2D eigenvalue weighted by molar-refractivity contribution is 5.18. The lowest BCUT2D eigenvalue weighted by Crippen LogP contribution is -2.35. The molecule has 0 heterocycles. The van der Waals surface area contributed by atoms with Crippen LogP contribution in [0.15, 0.2) is 30.3 Å². The van der Waals surface area contributed by atoms with Crippen molar-refractivity contribution in [1.29, 1.82) is 0 Å². The van der Waals surface area contributed by atoms with Crippen molar-refractivity contribution in [2.75, 3.05) is 6.54 Å². The van der Waals surface area contributed by atoms with Crippen LogP contribution in [0.1, 0.15) is 50.6 Å². The molecule has 0 saturated heterocycles. The van der Waals surface area contributed by atoms with E-state index in [1.54, 1.807) is 0 Å². The second-order valence-corrected chi connectivity index (χ2v) is 5.74. The van der Waals surface area contributed by atoms with Crippen molar-refractivity contribution in [2.24, 2.45) is 11.7 Å². The van der Waals surface area contributed by atoms with Crippen molar-refractivity contribution in [3.8, 4) is 0 Å². The Bertz CT molecular complexity index is 336. The third kappa shape index (κ3) is 4.11. The van der Waals surface area contributed by atoms with Crippen LogP contribution in [0.25, 0.3) is 0 Å². The summed E-state index contributed by atoms with van der Waals surface area (Å²) in [6.45, 7) is 3.27. The van der Waals surface area contributed by atoms with Crippen molar-refractivity contribution < 1.29 is 0 Å². The van der Waals surface area contributed by atoms with Crippen molar-refractivity contribution in [3.63, 3.8) is 0 Å². The van der Waals surface area contributed by atoms with Gasteiger partial charge < -0.3 is 11.1 Å². The van der Waals surface area contributed by atoms with Crippen LogP contribution in [0.4, 0.5) is 0 Å². The highest BCUT2D eigenvalue weighted by Crippen LogP contribution is 2.22. The van der Waals surface area contributed by atoms with Gasteiger partial charge in [-0.2, -0.15) is 0 Å². The van der Waals surface area contributed by atoms with Gasteiger partial charge in [-0.25, -0.2) is 0 Å². The summed E-state index contributed by atoms with van der Waals surface area (Å²) < 4.78 is 0. The molecule has 1 saturated carbocycles. The number of hydrogen-bond acceptors (Lipinski definition) is 2. The molecule has 100 valence electrons. The minimum absolute atomic E-state index is 0.117. The summed E-state index contributed by atoms with van der Waals surface area (Å²) >= 11 is 0. The molecule has 3 atom stereocenters. The lowest BCUT2D eigenvalue weighted by atomic mass is 10.0. The van der Waals surface area contributed by atoms with E-state index in [9.17, 15) is 0 Å². The molecule has 2 nitrogen and oxygen atoms in total. The summed E-state index contributed by atoms with van der Waals surface area (Å²) in [6.07, 6.45) is 6.73. The molecule has 1 aliphatic carbocycles. The van der Waals surface area contributed by atoms with Gasteiger partial charge in [0.1, 0.15) is 0 Å². The highest BCUT2D eigenvalue weighted by Gasteiger charge is 2.16. The second-order valence-electron chi connectivity index (χ2n) is 5.74. The zero-order valence-corrected chi connectivity index (χ0v) is 11.4. The Morgan fingerprint density at radius 1 is 1.17 bits per heavy atom. The van der Waals surface area contributed by atoms with Gasteiger partial charge in [-0.3, -0.25) is 0 Å². The average molecular weight is 246 g/mol. The van der Waals surface area contributed by atoms with Gasteiger partial charge in [-0.05, 0) is 30.7 Å². The van der Waals surface area contributed by atoms with Crippen LogP contribution in [0.2, 0.25) is 0 Å². The lowest BCUT2D eigenvalue weighted by Gasteiger charge is -2.20. The third-order valence-corrected chi connectivity index (χ3v) is 4.11. The zero-order valence-electron chi connectivity index (χ0n) is 11.4. The number of nitrogens with one attached hydrogen (secondary N) is 1. The monoisotopic (exact) mass is 246 g/mol. The van der Waals surface area contributed by atoms with Gasteiger partial charge >= 0.3 is 0 Å². The van der Waals surface area contributed by atoms with Crippen LogP contribution in [-0.4, -0.2) is 12.6 Å². The molecule has 1 aromatic carbocycles. The van der Waals surface area contributed by atoms with Crippen LogP contribution in [0.5, 0.6) is 0 Å². The van der Waals surface area contributed by atoms with Crippen LogP contribution >= 0.6 is 0 Å². The van der Waals surface area contributed by atoms with Crippen molar-refractivity contribution >= 4 is 0 Å². The Hall–Kier alpha value is -0.860. The molecule has 1 aromatic rings. The number of rotatable bonds is 4. The van der Waals surface area contributed by atoms with Gasteiger partial charge in [0.05, 0.1) is 0 Å². The number of hydrogen-bond donors (Lipinski definition) is 2. The molecule has 1 fully saturated rings. The predicted molar refractivity (Wildman–Crippen MR) is 77.4 cm³/mol. The maximum absolute atomic E-state index is 6.22. The summed E-state index contributed by atoms with van der Waals surface area (Å²) in [7, 11) is 0. The van der Waals surface area contributed by atoms with E-state index in [0.29, 0.717) is 6.04 Å². The molecule has 0 bridgehead atoms. The minimum Gasteiger partial charge on any atom is -0.323 e. The van der Waals surface area contributed by atoms with E-state index in [2.05, 4.69) is 36.5 Å². The van der Waals surface area contributed by atoms with Gasteiger partial charge in [-0.15, -0.1) is 0 Å². The third-order valence-electron chi connectivity index (χ3n) is 4.11. The molecule has 18 heavy (non-hydrogen) atoms. The van der Waals surface area contributed by atoms with Crippen LogP contribution < -0.4 is 11.1 Å². The fourth-order valence-corrected chi connectivity index (χ4v) is 2.80. The van der Waals surface area contributed by atoms with E-state index in [1.807, 2.05) is 6.07 Å². The second kappa shape index (κ2) is 6.91. The molecule has 1 aliphatic rings. The fourth-order valence-electron chi connectivity index (χ4n) is 2.80. The summed E-state index contributed by atoms with van der Waals surface area (Å²) in [4.78, 5) is 0. The molecule has 3 unspecified atom stereocenters. The Balaban J connectivity index is 1.77. The molecular formula is C16H26N2. The smallest absolute Gasteiger partial charge is 0.0421 e. The average Bonchev–Trinajstić information content (AvgIpc) is 2.62. The number of nitrogens with two attached hydrogens (primary N) is 1. The Labute approximate surface area is 111 Å². The Morgan fingerprint density at radius 2 is 1.94 bits per heavy atom. The maximum atomic E-state index is 6.22. The first-order chi connectivity index (χ1) is 8.75. The Morgan fingerprint density at radius 3 is 2.72 bits per heavy atom. The minimum atomic E-state index is 0.117. The summed E-state index contributed by atoms with van der Waals surface area (Å²) in [5, 5.41) is 3.66. The zero-order chi connectivity index (χ0) is 12.8. The predicted octanol–water partition coefficient (Wildman–Crippen LogP) is 3.24. The first-order valence-electron chi connectivity index (χ1n) is 7.29. The molecule has 0 spiro atoms. The molecule has 0 aliphatic heterocycles.